The van der Waals surface area contributed by atoms with Gasteiger partial charge < -0.3 is 9.64 Å². The Kier molecular flexibility index (Phi) is 6.11. The summed E-state index contributed by atoms with van der Waals surface area (Å²) in [4.78, 5) is 36.9. The van der Waals surface area contributed by atoms with E-state index in [4.69, 9.17) is 4.74 Å². The largest absolute Gasteiger partial charge is 0.359 e. The van der Waals surface area contributed by atoms with E-state index in [1.807, 2.05) is 30.3 Å². The summed E-state index contributed by atoms with van der Waals surface area (Å²) in [7, 11) is -0.849. The quantitative estimate of drug-likeness (QED) is 0.611. The molecule has 1 aliphatic heterocycles. The summed E-state index contributed by atoms with van der Waals surface area (Å²) < 4.78 is 19.3. The van der Waals surface area contributed by atoms with Crippen LogP contribution in [0.1, 0.15) is 37.8 Å². The van der Waals surface area contributed by atoms with Gasteiger partial charge in [-0.2, -0.15) is 9.50 Å². The van der Waals surface area contributed by atoms with E-state index in [2.05, 4.69) is 15.1 Å². The zero-order chi connectivity index (χ0) is 22.8. The molecule has 1 saturated heterocycles. The molecule has 3 aromatic rings. The molecule has 2 aliphatic rings. The highest BCUT2D eigenvalue weighted by atomic mass is 32.2. The molecular weight excluding hydrogens is 442 g/mol. The van der Waals surface area contributed by atoms with E-state index < -0.39 is 16.4 Å². The maximum atomic E-state index is 13.4. The number of hydrogen-bond donors (Lipinski definition) is 1. The third-order valence-corrected chi connectivity index (χ3v) is 7.72. The molecule has 1 aromatic carbocycles. The lowest BCUT2D eigenvalue weighted by Crippen LogP contribution is -2.55. The van der Waals surface area contributed by atoms with Crippen LogP contribution >= 0.6 is 0 Å². The molecule has 33 heavy (non-hydrogen) atoms. The fourth-order valence-corrected chi connectivity index (χ4v) is 5.66. The number of carbonyl (C=O) groups is 1. The lowest BCUT2D eigenvalue weighted by Gasteiger charge is -2.40. The Morgan fingerprint density at radius 3 is 2.55 bits per heavy atom. The van der Waals surface area contributed by atoms with E-state index in [0.717, 1.165) is 24.8 Å². The van der Waals surface area contributed by atoms with Crippen molar-refractivity contribution in [3.63, 3.8) is 0 Å². The van der Waals surface area contributed by atoms with Crippen LogP contribution in [-0.2, 0) is 26.9 Å². The summed E-state index contributed by atoms with van der Waals surface area (Å²) >= 11 is 0. The molecule has 0 bridgehead atoms. The van der Waals surface area contributed by atoms with Crippen molar-refractivity contribution in [3.05, 3.63) is 52.4 Å². The maximum absolute atomic E-state index is 13.4. The highest BCUT2D eigenvalue weighted by Gasteiger charge is 2.44. The fourth-order valence-electron chi connectivity index (χ4n) is 4.61. The molecule has 3 heterocycles. The van der Waals surface area contributed by atoms with Gasteiger partial charge in [-0.05, 0) is 12.8 Å². The van der Waals surface area contributed by atoms with Crippen LogP contribution < -0.4 is 5.56 Å². The Hall–Kier alpha value is -2.85. The molecule has 174 valence electrons. The van der Waals surface area contributed by atoms with Crippen molar-refractivity contribution < 1.29 is 13.7 Å². The molecule has 1 N–H and O–H groups in total. The zero-order valence-corrected chi connectivity index (χ0v) is 19.2. The SMILES string of the molecule is O=C(N1CCS(=O)CC1)C1(OCc2cc(=O)n3[nH]c(-c4ccccc4)nc3n2)CCCCC1. The van der Waals surface area contributed by atoms with Crippen LogP contribution in [-0.4, -0.2) is 64.8 Å². The number of rotatable bonds is 5. The first-order valence-electron chi connectivity index (χ1n) is 11.4. The first-order valence-corrected chi connectivity index (χ1v) is 12.9. The average Bonchev–Trinajstić information content (AvgIpc) is 3.29. The first-order chi connectivity index (χ1) is 16.0. The van der Waals surface area contributed by atoms with Crippen molar-refractivity contribution in [2.75, 3.05) is 24.6 Å². The lowest BCUT2D eigenvalue weighted by molar-refractivity contribution is -0.165. The normalized spacial score (nSPS) is 19.1. The van der Waals surface area contributed by atoms with Gasteiger partial charge in [0.25, 0.3) is 17.2 Å². The molecule has 0 radical (unpaired) electrons. The van der Waals surface area contributed by atoms with Gasteiger partial charge in [0.05, 0.1) is 12.3 Å². The van der Waals surface area contributed by atoms with Gasteiger partial charge in [-0.15, -0.1) is 0 Å². The highest BCUT2D eigenvalue weighted by molar-refractivity contribution is 7.85. The predicted molar refractivity (Wildman–Crippen MR) is 124 cm³/mol. The maximum Gasteiger partial charge on any atom is 0.274 e. The number of nitrogens with zero attached hydrogens (tertiary/aromatic N) is 4. The fraction of sp³-hybridized carbons (Fsp3) is 0.478. The average molecular weight is 470 g/mol. The molecule has 9 nitrogen and oxygen atoms in total. The topological polar surface area (TPSA) is 110 Å². The number of aromatic nitrogens is 4. The first kappa shape index (κ1) is 22.0. The Labute approximate surface area is 193 Å². The molecule has 0 atom stereocenters. The van der Waals surface area contributed by atoms with Crippen LogP contribution in [0.25, 0.3) is 17.2 Å². The zero-order valence-electron chi connectivity index (χ0n) is 18.4. The van der Waals surface area contributed by atoms with Crippen molar-refractivity contribution in [3.8, 4) is 11.4 Å². The monoisotopic (exact) mass is 469 g/mol. The smallest absolute Gasteiger partial charge is 0.274 e. The van der Waals surface area contributed by atoms with Gasteiger partial charge >= 0.3 is 0 Å². The standard InChI is InChI=1S/C23H27N5O4S/c29-19-15-18(24-22-25-20(26-28(19)22)17-7-3-1-4-8-17)16-32-23(9-5-2-6-10-23)21(30)27-11-13-33(31)14-12-27/h1,3-4,7-8,15H,2,5-6,9-14,16H2,(H,24,25,26). The van der Waals surface area contributed by atoms with Crippen molar-refractivity contribution in [1.29, 1.82) is 0 Å². The molecule has 0 spiro atoms. The second-order valence-electron chi connectivity index (χ2n) is 8.64. The summed E-state index contributed by atoms with van der Waals surface area (Å²) in [5.41, 5.74) is 0.110. The summed E-state index contributed by atoms with van der Waals surface area (Å²) in [6, 6.07) is 10.9. The van der Waals surface area contributed by atoms with Gasteiger partial charge in [-0.1, -0.05) is 49.6 Å². The summed E-state index contributed by atoms with van der Waals surface area (Å²) in [6.45, 7) is 1.06. The number of ether oxygens (including phenoxy) is 1. The van der Waals surface area contributed by atoms with E-state index in [1.165, 1.54) is 10.6 Å². The number of aromatic amines is 1. The van der Waals surface area contributed by atoms with Crippen molar-refractivity contribution in [2.24, 2.45) is 0 Å². The van der Waals surface area contributed by atoms with Crippen LogP contribution in [0.5, 0.6) is 0 Å². The number of amides is 1. The second kappa shape index (κ2) is 9.18. The van der Waals surface area contributed by atoms with Crippen LogP contribution in [0, 0.1) is 0 Å². The van der Waals surface area contributed by atoms with Crippen LogP contribution in [0.3, 0.4) is 0 Å². The minimum absolute atomic E-state index is 0.0252. The van der Waals surface area contributed by atoms with Gasteiger partial charge in [-0.25, -0.2) is 4.98 Å². The number of carbonyl (C=O) groups excluding carboxylic acids is 1. The van der Waals surface area contributed by atoms with Crippen molar-refractivity contribution in [2.45, 2.75) is 44.3 Å². The summed E-state index contributed by atoms with van der Waals surface area (Å²) in [5, 5.41) is 2.99. The molecule has 10 heteroatoms. The van der Waals surface area contributed by atoms with Gasteiger partial charge in [0, 0.05) is 47.0 Å². The van der Waals surface area contributed by atoms with Crippen LogP contribution in [0.2, 0.25) is 0 Å². The molecule has 5 rings (SSSR count). The van der Waals surface area contributed by atoms with Crippen LogP contribution in [0.15, 0.2) is 41.2 Å². The molecule has 0 unspecified atom stereocenters. The van der Waals surface area contributed by atoms with Crippen LogP contribution in [0.4, 0.5) is 0 Å². The number of benzene rings is 1. The van der Waals surface area contributed by atoms with E-state index in [9.17, 15) is 13.8 Å². The summed E-state index contributed by atoms with van der Waals surface area (Å²) in [6.07, 6.45) is 4.20. The minimum atomic E-state index is -0.912. The van der Waals surface area contributed by atoms with Crippen molar-refractivity contribution >= 4 is 22.5 Å². The highest BCUT2D eigenvalue weighted by Crippen LogP contribution is 2.34. The van der Waals surface area contributed by atoms with Crippen molar-refractivity contribution in [1.82, 2.24) is 24.5 Å². The van der Waals surface area contributed by atoms with E-state index in [-0.39, 0.29) is 23.9 Å². The number of nitrogens with one attached hydrogen (secondary N) is 1. The third kappa shape index (κ3) is 4.49. The van der Waals surface area contributed by atoms with Gasteiger partial charge in [-0.3, -0.25) is 18.9 Å². The minimum Gasteiger partial charge on any atom is -0.359 e. The Morgan fingerprint density at radius 1 is 1.09 bits per heavy atom. The van der Waals surface area contributed by atoms with Gasteiger partial charge in [0.15, 0.2) is 5.82 Å². The van der Waals surface area contributed by atoms with E-state index >= 15 is 0 Å². The Balaban J connectivity index is 1.38. The number of H-pyrrole nitrogens is 1. The molecule has 1 aliphatic carbocycles. The molecular formula is C23H27N5O4S. The Bertz CT molecular complexity index is 1220. The second-order valence-corrected chi connectivity index (χ2v) is 10.3. The van der Waals surface area contributed by atoms with E-state index in [1.54, 1.807) is 4.90 Å². The van der Waals surface area contributed by atoms with Gasteiger partial charge in [0.2, 0.25) is 0 Å². The lowest BCUT2D eigenvalue weighted by atomic mass is 9.83. The predicted octanol–water partition coefficient (Wildman–Crippen LogP) is 1.89. The molecule has 2 aromatic heterocycles. The Morgan fingerprint density at radius 2 is 1.82 bits per heavy atom. The number of hydrogen-bond acceptors (Lipinski definition) is 6. The molecule has 2 fully saturated rings. The van der Waals surface area contributed by atoms with E-state index in [0.29, 0.717) is 49.0 Å². The molecule has 1 amide bonds. The van der Waals surface area contributed by atoms with Gasteiger partial charge in [0.1, 0.15) is 5.60 Å². The third-order valence-electron chi connectivity index (χ3n) is 6.44. The molecule has 1 saturated carbocycles. The summed E-state index contributed by atoms with van der Waals surface area (Å²) in [5.74, 6) is 1.82. The number of fused-ring (bicyclic) bond motifs is 1.